The van der Waals surface area contributed by atoms with Crippen molar-refractivity contribution in [3.05, 3.63) is 59.7 Å². The molecule has 0 aliphatic heterocycles. The van der Waals surface area contributed by atoms with Crippen molar-refractivity contribution in [2.24, 2.45) is 11.5 Å². The maximum Gasteiger partial charge on any atom is 0.318 e. The molecular formula is C18H19N5O2. The summed E-state index contributed by atoms with van der Waals surface area (Å²) in [5, 5.41) is 3.99. The summed E-state index contributed by atoms with van der Waals surface area (Å²) < 4.78 is 5.17. The number of benzene rings is 2. The molecular weight excluding hydrogens is 318 g/mol. The lowest BCUT2D eigenvalue weighted by Gasteiger charge is -2.19. The predicted octanol–water partition coefficient (Wildman–Crippen LogP) is 1.85. The highest BCUT2D eigenvalue weighted by Gasteiger charge is 2.17. The quantitative estimate of drug-likeness (QED) is 0.632. The molecule has 0 bridgehead atoms. The van der Waals surface area contributed by atoms with Crippen LogP contribution in [0, 0.1) is 0 Å². The highest BCUT2D eigenvalue weighted by molar-refractivity contribution is 6.07. The second-order valence-electron chi connectivity index (χ2n) is 5.47. The number of aromatic nitrogens is 2. The molecule has 0 fully saturated rings. The van der Waals surface area contributed by atoms with Crippen LogP contribution in [0.2, 0.25) is 0 Å². The third-order valence-electron chi connectivity index (χ3n) is 3.90. The number of anilines is 1. The van der Waals surface area contributed by atoms with Crippen LogP contribution in [0.1, 0.15) is 22.0 Å². The van der Waals surface area contributed by atoms with E-state index in [0.29, 0.717) is 28.8 Å². The molecule has 0 saturated heterocycles. The van der Waals surface area contributed by atoms with Crippen molar-refractivity contribution < 1.29 is 9.53 Å². The minimum Gasteiger partial charge on any atom is -0.467 e. The SMILES string of the molecule is COc1nc(N[C@H](CN)c2ccccc2)c2cccc(C(N)=O)c2n1. The van der Waals surface area contributed by atoms with Crippen LogP contribution in [0.25, 0.3) is 10.9 Å². The van der Waals surface area contributed by atoms with Crippen LogP contribution in [-0.2, 0) is 0 Å². The Morgan fingerprint density at radius 1 is 1.16 bits per heavy atom. The Labute approximate surface area is 145 Å². The summed E-state index contributed by atoms with van der Waals surface area (Å²) in [4.78, 5) is 20.4. The first-order valence-electron chi connectivity index (χ1n) is 7.80. The van der Waals surface area contributed by atoms with Crippen LogP contribution >= 0.6 is 0 Å². The van der Waals surface area contributed by atoms with Gasteiger partial charge in [-0.1, -0.05) is 36.4 Å². The Morgan fingerprint density at radius 3 is 2.56 bits per heavy atom. The first-order chi connectivity index (χ1) is 12.1. The van der Waals surface area contributed by atoms with Gasteiger partial charge in [0.1, 0.15) is 5.82 Å². The molecule has 5 N–H and O–H groups in total. The zero-order chi connectivity index (χ0) is 17.8. The fourth-order valence-corrected chi connectivity index (χ4v) is 2.66. The lowest BCUT2D eigenvalue weighted by atomic mass is 10.1. The number of carbonyl (C=O) groups excluding carboxylic acids is 1. The number of ether oxygens (including phenoxy) is 1. The standard InChI is InChI=1S/C18H19N5O2/c1-25-18-22-15-12(16(20)24)8-5-9-13(15)17(23-18)21-14(10-19)11-6-3-2-4-7-11/h2-9,14H,10,19H2,1H3,(H2,20,24)(H,21,22,23)/t14-/m1/s1. The molecule has 7 heteroatoms. The average molecular weight is 337 g/mol. The molecule has 25 heavy (non-hydrogen) atoms. The van der Waals surface area contributed by atoms with E-state index in [2.05, 4.69) is 15.3 Å². The van der Waals surface area contributed by atoms with E-state index < -0.39 is 5.91 Å². The van der Waals surface area contributed by atoms with Crippen LogP contribution in [-0.4, -0.2) is 29.5 Å². The van der Waals surface area contributed by atoms with Gasteiger partial charge in [-0.2, -0.15) is 9.97 Å². The number of carbonyl (C=O) groups is 1. The number of nitrogens with zero attached hydrogens (tertiary/aromatic N) is 2. The molecule has 3 aromatic rings. The molecule has 1 atom stereocenters. The third kappa shape index (κ3) is 3.36. The number of hydrogen-bond donors (Lipinski definition) is 3. The van der Waals surface area contributed by atoms with Gasteiger partial charge in [0, 0.05) is 11.9 Å². The van der Waals surface area contributed by atoms with Crippen molar-refractivity contribution in [2.45, 2.75) is 6.04 Å². The van der Waals surface area contributed by atoms with Gasteiger partial charge >= 0.3 is 6.01 Å². The number of nitrogens with one attached hydrogen (secondary N) is 1. The van der Waals surface area contributed by atoms with E-state index in [1.165, 1.54) is 7.11 Å². The first-order valence-corrected chi connectivity index (χ1v) is 7.80. The largest absolute Gasteiger partial charge is 0.467 e. The normalized spacial score (nSPS) is 11.9. The molecule has 128 valence electrons. The predicted molar refractivity (Wildman–Crippen MR) is 96.5 cm³/mol. The number of amides is 1. The zero-order valence-electron chi connectivity index (χ0n) is 13.8. The Bertz CT molecular complexity index is 899. The van der Waals surface area contributed by atoms with Gasteiger partial charge in [0.25, 0.3) is 5.91 Å². The molecule has 0 unspecified atom stereocenters. The van der Waals surface area contributed by atoms with Gasteiger partial charge in [0.05, 0.1) is 24.2 Å². The van der Waals surface area contributed by atoms with Crippen LogP contribution in [0.5, 0.6) is 6.01 Å². The van der Waals surface area contributed by atoms with E-state index in [9.17, 15) is 4.79 Å². The van der Waals surface area contributed by atoms with Gasteiger partial charge in [-0.25, -0.2) is 0 Å². The number of para-hydroxylation sites is 1. The number of rotatable bonds is 6. The summed E-state index contributed by atoms with van der Waals surface area (Å²) in [6.45, 7) is 0.368. The van der Waals surface area contributed by atoms with Gasteiger partial charge in [-0.15, -0.1) is 0 Å². The molecule has 1 aromatic heterocycles. The molecule has 7 nitrogen and oxygen atoms in total. The summed E-state index contributed by atoms with van der Waals surface area (Å²) in [5.41, 5.74) is 13.2. The number of fused-ring (bicyclic) bond motifs is 1. The van der Waals surface area contributed by atoms with Crippen molar-refractivity contribution in [3.63, 3.8) is 0 Å². The second kappa shape index (κ2) is 7.14. The van der Waals surface area contributed by atoms with Crippen molar-refractivity contribution in [3.8, 4) is 6.01 Å². The van der Waals surface area contributed by atoms with Crippen LogP contribution in [0.4, 0.5) is 5.82 Å². The Kier molecular flexibility index (Phi) is 4.76. The van der Waals surface area contributed by atoms with E-state index in [-0.39, 0.29) is 12.1 Å². The number of hydrogen-bond acceptors (Lipinski definition) is 6. The fourth-order valence-electron chi connectivity index (χ4n) is 2.66. The summed E-state index contributed by atoms with van der Waals surface area (Å²) >= 11 is 0. The van der Waals surface area contributed by atoms with Gasteiger partial charge < -0.3 is 21.5 Å². The van der Waals surface area contributed by atoms with Crippen molar-refractivity contribution in [2.75, 3.05) is 19.0 Å². The molecule has 0 aliphatic carbocycles. The minimum atomic E-state index is -0.560. The van der Waals surface area contributed by atoms with Crippen LogP contribution in [0.3, 0.4) is 0 Å². The summed E-state index contributed by atoms with van der Waals surface area (Å²) in [6.07, 6.45) is 0. The lowest BCUT2D eigenvalue weighted by molar-refractivity contribution is 0.100. The Balaban J connectivity index is 2.11. The smallest absolute Gasteiger partial charge is 0.318 e. The summed E-state index contributed by atoms with van der Waals surface area (Å²) in [6, 6.07) is 15.0. The summed E-state index contributed by atoms with van der Waals surface area (Å²) in [5.74, 6) is -0.0278. The molecule has 0 aliphatic rings. The molecule has 1 heterocycles. The molecule has 3 rings (SSSR count). The van der Waals surface area contributed by atoms with Crippen LogP contribution in [0.15, 0.2) is 48.5 Å². The second-order valence-corrected chi connectivity index (χ2v) is 5.47. The summed E-state index contributed by atoms with van der Waals surface area (Å²) in [7, 11) is 1.47. The fraction of sp³-hybridized carbons (Fsp3) is 0.167. The molecule has 0 spiro atoms. The molecule has 1 amide bonds. The number of primary amides is 1. The highest BCUT2D eigenvalue weighted by atomic mass is 16.5. The lowest BCUT2D eigenvalue weighted by Crippen LogP contribution is -2.21. The maximum atomic E-state index is 11.7. The maximum absolute atomic E-state index is 11.7. The number of methoxy groups -OCH3 is 1. The zero-order valence-corrected chi connectivity index (χ0v) is 13.8. The molecule has 2 aromatic carbocycles. The Hall–Kier alpha value is -3.19. The monoisotopic (exact) mass is 337 g/mol. The topological polar surface area (TPSA) is 116 Å². The van der Waals surface area contributed by atoms with E-state index in [0.717, 1.165) is 5.56 Å². The van der Waals surface area contributed by atoms with Gasteiger partial charge in [0.15, 0.2) is 0 Å². The highest BCUT2D eigenvalue weighted by Crippen LogP contribution is 2.28. The van der Waals surface area contributed by atoms with Gasteiger partial charge in [-0.3, -0.25) is 4.79 Å². The van der Waals surface area contributed by atoms with Crippen molar-refractivity contribution in [1.29, 1.82) is 0 Å². The third-order valence-corrected chi connectivity index (χ3v) is 3.90. The minimum absolute atomic E-state index is 0.146. The Morgan fingerprint density at radius 2 is 1.92 bits per heavy atom. The van der Waals surface area contributed by atoms with Gasteiger partial charge in [0.2, 0.25) is 0 Å². The van der Waals surface area contributed by atoms with Crippen LogP contribution < -0.4 is 21.5 Å². The first kappa shape index (κ1) is 16.7. The van der Waals surface area contributed by atoms with E-state index in [1.54, 1.807) is 12.1 Å². The van der Waals surface area contributed by atoms with Crippen molar-refractivity contribution in [1.82, 2.24) is 9.97 Å². The van der Waals surface area contributed by atoms with Gasteiger partial charge in [-0.05, 0) is 17.7 Å². The molecule has 0 radical (unpaired) electrons. The number of nitrogens with two attached hydrogens (primary N) is 2. The van der Waals surface area contributed by atoms with E-state index in [4.69, 9.17) is 16.2 Å². The van der Waals surface area contributed by atoms with E-state index in [1.807, 2.05) is 36.4 Å². The molecule has 0 saturated carbocycles. The average Bonchev–Trinajstić information content (AvgIpc) is 2.65. The van der Waals surface area contributed by atoms with Crippen molar-refractivity contribution >= 4 is 22.6 Å². The van der Waals surface area contributed by atoms with E-state index >= 15 is 0 Å².